The Morgan fingerprint density at radius 2 is 2.20 bits per heavy atom. The number of alkyl halides is 3. The van der Waals surface area contributed by atoms with E-state index in [4.69, 9.17) is 0 Å². The molecule has 1 rings (SSSR count). The van der Waals surface area contributed by atoms with E-state index in [0.29, 0.717) is 6.54 Å². The average Bonchev–Trinajstić information content (AvgIpc) is 2.17. The minimum Gasteiger partial charge on any atom is -0.369 e. The Bertz CT molecular complexity index is 314. The van der Waals surface area contributed by atoms with E-state index in [-0.39, 0.29) is 5.82 Å². The highest BCUT2D eigenvalue weighted by Gasteiger charge is 2.30. The Balaban J connectivity index is 2.66. The Morgan fingerprint density at radius 1 is 1.47 bits per heavy atom. The van der Waals surface area contributed by atoms with Crippen molar-refractivity contribution in [3.63, 3.8) is 0 Å². The van der Waals surface area contributed by atoms with Gasteiger partial charge < -0.3 is 5.32 Å². The summed E-state index contributed by atoms with van der Waals surface area (Å²) in [5.74, 6) is 1.09. The van der Waals surface area contributed by atoms with Crippen molar-refractivity contribution in [1.82, 2.24) is 4.98 Å². The molecule has 0 aliphatic rings. The molecule has 0 amide bonds. The molecule has 0 atom stereocenters. The summed E-state index contributed by atoms with van der Waals surface area (Å²) in [4.78, 5) is 3.80. The summed E-state index contributed by atoms with van der Waals surface area (Å²) in [7, 11) is 0. The maximum absolute atomic E-state index is 12.3. The van der Waals surface area contributed by atoms with Gasteiger partial charge in [-0.25, -0.2) is 4.98 Å². The molecule has 0 spiro atoms. The SMILES string of the molecule is CSCCNc1cc(C(F)(F)F)ccn1. The van der Waals surface area contributed by atoms with Crippen molar-refractivity contribution in [2.45, 2.75) is 6.18 Å². The average molecular weight is 236 g/mol. The van der Waals surface area contributed by atoms with Gasteiger partial charge in [-0.1, -0.05) is 0 Å². The highest BCUT2D eigenvalue weighted by Crippen LogP contribution is 2.29. The van der Waals surface area contributed by atoms with E-state index >= 15 is 0 Å². The fourth-order valence-corrected chi connectivity index (χ4v) is 1.29. The topological polar surface area (TPSA) is 24.9 Å². The van der Waals surface area contributed by atoms with Crippen molar-refractivity contribution in [2.24, 2.45) is 0 Å². The molecule has 6 heteroatoms. The zero-order valence-electron chi connectivity index (χ0n) is 8.14. The Hall–Kier alpha value is -0.910. The number of nitrogens with one attached hydrogen (secondary N) is 1. The van der Waals surface area contributed by atoms with E-state index in [1.807, 2.05) is 6.26 Å². The molecule has 0 aliphatic heterocycles. The summed E-state index contributed by atoms with van der Waals surface area (Å²) in [5, 5.41) is 2.83. The van der Waals surface area contributed by atoms with Gasteiger partial charge in [-0.3, -0.25) is 0 Å². The predicted octanol–water partition coefficient (Wildman–Crippen LogP) is 2.88. The van der Waals surface area contributed by atoms with Gasteiger partial charge in [0.2, 0.25) is 0 Å². The molecular formula is C9H11F3N2S. The van der Waals surface area contributed by atoms with Crippen LogP contribution in [-0.4, -0.2) is 23.5 Å². The second kappa shape index (κ2) is 5.25. The quantitative estimate of drug-likeness (QED) is 0.814. The Labute approximate surface area is 90.3 Å². The molecule has 0 bridgehead atoms. The van der Waals surface area contributed by atoms with Crippen LogP contribution >= 0.6 is 11.8 Å². The Kier molecular flexibility index (Phi) is 4.26. The molecule has 1 N–H and O–H groups in total. The van der Waals surface area contributed by atoms with E-state index in [1.165, 1.54) is 0 Å². The summed E-state index contributed by atoms with van der Waals surface area (Å²) in [6.07, 6.45) is -1.22. The number of hydrogen-bond donors (Lipinski definition) is 1. The second-order valence-electron chi connectivity index (χ2n) is 2.85. The lowest BCUT2D eigenvalue weighted by Gasteiger charge is -2.09. The van der Waals surface area contributed by atoms with Gasteiger partial charge in [-0.2, -0.15) is 24.9 Å². The first-order valence-corrected chi connectivity index (χ1v) is 5.69. The second-order valence-corrected chi connectivity index (χ2v) is 3.83. The van der Waals surface area contributed by atoms with Gasteiger partial charge in [0.1, 0.15) is 5.82 Å². The van der Waals surface area contributed by atoms with Gasteiger partial charge in [0.15, 0.2) is 0 Å². The summed E-state index contributed by atoms with van der Waals surface area (Å²) in [5.41, 5.74) is -0.677. The normalized spacial score (nSPS) is 11.5. The van der Waals surface area contributed by atoms with Crippen molar-refractivity contribution < 1.29 is 13.2 Å². The van der Waals surface area contributed by atoms with Crippen LogP contribution in [0.4, 0.5) is 19.0 Å². The van der Waals surface area contributed by atoms with Crippen LogP contribution in [0.5, 0.6) is 0 Å². The number of halogens is 3. The molecule has 0 fully saturated rings. The molecule has 1 aromatic heterocycles. The van der Waals surface area contributed by atoms with Gasteiger partial charge >= 0.3 is 6.18 Å². The lowest BCUT2D eigenvalue weighted by molar-refractivity contribution is -0.137. The molecule has 0 radical (unpaired) electrons. The van der Waals surface area contributed by atoms with E-state index in [9.17, 15) is 13.2 Å². The molecule has 1 heterocycles. The van der Waals surface area contributed by atoms with Crippen LogP contribution in [0, 0.1) is 0 Å². The molecule has 0 saturated carbocycles. The first kappa shape index (κ1) is 12.2. The first-order valence-electron chi connectivity index (χ1n) is 4.30. The minimum absolute atomic E-state index is 0.263. The summed E-state index contributed by atoms with van der Waals surface area (Å²) in [6, 6.07) is 1.97. The molecule has 84 valence electrons. The van der Waals surface area contributed by atoms with Crippen molar-refractivity contribution in [3.8, 4) is 0 Å². The zero-order valence-corrected chi connectivity index (χ0v) is 8.95. The third-order valence-corrected chi connectivity index (χ3v) is 2.31. The molecule has 0 saturated heterocycles. The lowest BCUT2D eigenvalue weighted by atomic mass is 10.2. The van der Waals surface area contributed by atoms with Gasteiger partial charge in [-0.15, -0.1) is 0 Å². The molecule has 0 aliphatic carbocycles. The van der Waals surface area contributed by atoms with E-state index in [1.54, 1.807) is 11.8 Å². The van der Waals surface area contributed by atoms with E-state index in [2.05, 4.69) is 10.3 Å². The van der Waals surface area contributed by atoms with Gasteiger partial charge in [0, 0.05) is 18.5 Å². The molecular weight excluding hydrogens is 225 g/mol. The zero-order chi connectivity index (χ0) is 11.3. The molecule has 0 unspecified atom stereocenters. The number of anilines is 1. The third kappa shape index (κ3) is 3.99. The van der Waals surface area contributed by atoms with E-state index in [0.717, 1.165) is 24.1 Å². The maximum Gasteiger partial charge on any atom is 0.416 e. The summed E-state index contributed by atoms with van der Waals surface area (Å²) >= 11 is 1.62. The summed E-state index contributed by atoms with van der Waals surface area (Å²) in [6.45, 7) is 0.607. The minimum atomic E-state index is -4.31. The van der Waals surface area contributed by atoms with Crippen LogP contribution in [0.3, 0.4) is 0 Å². The molecule has 0 aromatic carbocycles. The number of hydrogen-bond acceptors (Lipinski definition) is 3. The lowest BCUT2D eigenvalue weighted by Crippen LogP contribution is -2.09. The number of rotatable bonds is 4. The monoisotopic (exact) mass is 236 g/mol. The van der Waals surface area contributed by atoms with Crippen LogP contribution < -0.4 is 5.32 Å². The predicted molar refractivity (Wildman–Crippen MR) is 56.1 cm³/mol. The Morgan fingerprint density at radius 3 is 2.80 bits per heavy atom. The van der Waals surface area contributed by atoms with Crippen LogP contribution in [0.25, 0.3) is 0 Å². The van der Waals surface area contributed by atoms with Crippen molar-refractivity contribution >= 4 is 17.6 Å². The first-order chi connectivity index (χ1) is 7.04. The molecule has 2 nitrogen and oxygen atoms in total. The fourth-order valence-electron chi connectivity index (χ4n) is 0.985. The van der Waals surface area contributed by atoms with Crippen LogP contribution in [0.15, 0.2) is 18.3 Å². The standard InChI is InChI=1S/C9H11F3N2S/c1-15-5-4-14-8-6-7(2-3-13-8)9(10,11)12/h2-3,6H,4-5H2,1H3,(H,13,14). The number of pyridine rings is 1. The van der Waals surface area contributed by atoms with Crippen LogP contribution in [0.2, 0.25) is 0 Å². The highest BCUT2D eigenvalue weighted by molar-refractivity contribution is 7.98. The third-order valence-electron chi connectivity index (χ3n) is 1.70. The molecule has 15 heavy (non-hydrogen) atoms. The maximum atomic E-state index is 12.3. The van der Waals surface area contributed by atoms with Gasteiger partial charge in [0.05, 0.1) is 5.56 Å². The number of nitrogens with zero attached hydrogens (tertiary/aromatic N) is 1. The van der Waals surface area contributed by atoms with Crippen LogP contribution in [-0.2, 0) is 6.18 Å². The van der Waals surface area contributed by atoms with Gasteiger partial charge in [0.25, 0.3) is 0 Å². The number of aromatic nitrogens is 1. The highest BCUT2D eigenvalue weighted by atomic mass is 32.2. The van der Waals surface area contributed by atoms with Gasteiger partial charge in [-0.05, 0) is 18.4 Å². The van der Waals surface area contributed by atoms with Crippen LogP contribution in [0.1, 0.15) is 5.56 Å². The van der Waals surface area contributed by atoms with E-state index < -0.39 is 11.7 Å². The van der Waals surface area contributed by atoms with Crippen molar-refractivity contribution in [1.29, 1.82) is 0 Å². The van der Waals surface area contributed by atoms with Crippen molar-refractivity contribution in [2.75, 3.05) is 23.9 Å². The number of thioether (sulfide) groups is 1. The summed E-state index contributed by atoms with van der Waals surface area (Å²) < 4.78 is 36.9. The smallest absolute Gasteiger partial charge is 0.369 e. The molecule has 1 aromatic rings. The fraction of sp³-hybridized carbons (Fsp3) is 0.444. The van der Waals surface area contributed by atoms with Crippen molar-refractivity contribution in [3.05, 3.63) is 23.9 Å². The largest absolute Gasteiger partial charge is 0.416 e.